The van der Waals surface area contributed by atoms with E-state index in [0.29, 0.717) is 6.04 Å². The largest absolute Gasteiger partial charge is 0.310 e. The van der Waals surface area contributed by atoms with Crippen LogP contribution in [0.25, 0.3) is 0 Å². The molecule has 0 amide bonds. The first-order chi connectivity index (χ1) is 10.3. The van der Waals surface area contributed by atoms with Gasteiger partial charge in [0, 0.05) is 6.04 Å². The summed E-state index contributed by atoms with van der Waals surface area (Å²) in [5.41, 5.74) is 3.04. The van der Waals surface area contributed by atoms with Crippen LogP contribution in [0.2, 0.25) is 0 Å². The van der Waals surface area contributed by atoms with E-state index < -0.39 is 0 Å². The average molecular weight is 288 g/mol. The van der Waals surface area contributed by atoms with E-state index in [-0.39, 0.29) is 0 Å². The van der Waals surface area contributed by atoms with Crippen molar-refractivity contribution in [2.45, 2.75) is 58.4 Å². The van der Waals surface area contributed by atoms with Crippen molar-refractivity contribution in [1.82, 2.24) is 10.2 Å². The zero-order valence-corrected chi connectivity index (χ0v) is 14.1. The molecule has 1 aliphatic rings. The van der Waals surface area contributed by atoms with Gasteiger partial charge < -0.3 is 10.2 Å². The Hall–Kier alpha value is -0.860. The quantitative estimate of drug-likeness (QED) is 0.727. The highest BCUT2D eigenvalue weighted by Crippen LogP contribution is 2.37. The lowest BCUT2D eigenvalue weighted by Gasteiger charge is -2.28. The molecular formula is C19H32N2. The molecule has 1 aromatic carbocycles. The van der Waals surface area contributed by atoms with Crippen LogP contribution in [0, 0.1) is 0 Å². The molecule has 0 bridgehead atoms. The number of hydrogen-bond donors (Lipinski definition) is 1. The highest BCUT2D eigenvalue weighted by atomic mass is 15.1. The van der Waals surface area contributed by atoms with Crippen LogP contribution < -0.4 is 5.32 Å². The second kappa shape index (κ2) is 8.55. The average Bonchev–Trinajstić information content (AvgIpc) is 2.45. The zero-order valence-electron chi connectivity index (χ0n) is 14.1. The molecule has 0 radical (unpaired) electrons. The lowest BCUT2D eigenvalue weighted by atomic mass is 9.79. The van der Waals surface area contributed by atoms with Gasteiger partial charge in [0.25, 0.3) is 0 Å². The number of nitrogens with one attached hydrogen (secondary N) is 1. The Bertz CT molecular complexity index is 408. The van der Waals surface area contributed by atoms with E-state index in [2.05, 4.69) is 55.3 Å². The summed E-state index contributed by atoms with van der Waals surface area (Å²) in [6.45, 7) is 11.2. The van der Waals surface area contributed by atoms with Crippen LogP contribution in [0.4, 0.5) is 0 Å². The molecule has 1 atom stereocenters. The summed E-state index contributed by atoms with van der Waals surface area (Å²) >= 11 is 0. The molecule has 1 unspecified atom stereocenters. The van der Waals surface area contributed by atoms with Crippen molar-refractivity contribution < 1.29 is 0 Å². The van der Waals surface area contributed by atoms with E-state index in [1.54, 1.807) is 5.56 Å². The fourth-order valence-electron chi connectivity index (χ4n) is 3.26. The molecular weight excluding hydrogens is 256 g/mol. The minimum atomic E-state index is 0.496. The van der Waals surface area contributed by atoms with Gasteiger partial charge in [-0.15, -0.1) is 0 Å². The molecule has 0 aliphatic heterocycles. The van der Waals surface area contributed by atoms with E-state index in [1.807, 2.05) is 0 Å². The molecule has 1 aromatic rings. The topological polar surface area (TPSA) is 15.3 Å². The van der Waals surface area contributed by atoms with E-state index in [4.69, 9.17) is 0 Å². The van der Waals surface area contributed by atoms with Crippen molar-refractivity contribution in [3.05, 3.63) is 35.4 Å². The summed E-state index contributed by atoms with van der Waals surface area (Å²) in [6.07, 6.45) is 5.38. The van der Waals surface area contributed by atoms with E-state index in [1.165, 1.54) is 37.8 Å². The minimum absolute atomic E-state index is 0.496. The molecule has 0 saturated heterocycles. The Labute approximate surface area is 130 Å². The molecule has 2 heteroatoms. The standard InChI is InChI=1S/C19H32N2/c1-4-20-19(13-14-21(5-2)6-3)18-12-8-11-17(15-18)16-9-7-10-16/h8,11-12,15-16,19-20H,4-7,9-10,13-14H2,1-3H3. The van der Waals surface area contributed by atoms with Crippen molar-refractivity contribution in [2.24, 2.45) is 0 Å². The number of benzene rings is 1. The van der Waals surface area contributed by atoms with Gasteiger partial charge in [-0.1, -0.05) is 51.5 Å². The van der Waals surface area contributed by atoms with Crippen LogP contribution in [0.15, 0.2) is 24.3 Å². The highest BCUT2D eigenvalue weighted by Gasteiger charge is 2.20. The normalized spacial score (nSPS) is 17.0. The molecule has 2 rings (SSSR count). The zero-order chi connectivity index (χ0) is 15.1. The summed E-state index contributed by atoms with van der Waals surface area (Å²) in [4.78, 5) is 2.51. The lowest BCUT2D eigenvalue weighted by molar-refractivity contribution is 0.282. The second-order valence-electron chi connectivity index (χ2n) is 6.22. The fourth-order valence-corrected chi connectivity index (χ4v) is 3.26. The van der Waals surface area contributed by atoms with Gasteiger partial charge in [0.1, 0.15) is 0 Å². The van der Waals surface area contributed by atoms with E-state index in [9.17, 15) is 0 Å². The first-order valence-electron chi connectivity index (χ1n) is 8.84. The van der Waals surface area contributed by atoms with Gasteiger partial charge in [-0.05, 0) is 62.5 Å². The Kier molecular flexibility index (Phi) is 6.72. The first-order valence-corrected chi connectivity index (χ1v) is 8.84. The molecule has 1 N–H and O–H groups in total. The van der Waals surface area contributed by atoms with Crippen molar-refractivity contribution in [1.29, 1.82) is 0 Å². The number of hydrogen-bond acceptors (Lipinski definition) is 2. The highest BCUT2D eigenvalue weighted by molar-refractivity contribution is 5.29. The molecule has 21 heavy (non-hydrogen) atoms. The van der Waals surface area contributed by atoms with Gasteiger partial charge in [-0.25, -0.2) is 0 Å². The number of rotatable bonds is 9. The van der Waals surface area contributed by atoms with E-state index >= 15 is 0 Å². The molecule has 1 saturated carbocycles. The maximum atomic E-state index is 3.68. The third kappa shape index (κ3) is 4.55. The van der Waals surface area contributed by atoms with Crippen LogP contribution in [-0.2, 0) is 0 Å². The summed E-state index contributed by atoms with van der Waals surface area (Å²) in [6, 6.07) is 9.83. The van der Waals surface area contributed by atoms with Gasteiger partial charge >= 0.3 is 0 Å². The smallest absolute Gasteiger partial charge is 0.0332 e. The predicted molar refractivity (Wildman–Crippen MR) is 91.9 cm³/mol. The molecule has 0 spiro atoms. The monoisotopic (exact) mass is 288 g/mol. The van der Waals surface area contributed by atoms with Gasteiger partial charge in [0.05, 0.1) is 0 Å². The first kappa shape index (κ1) is 16.5. The molecule has 1 aliphatic carbocycles. The molecule has 0 heterocycles. The minimum Gasteiger partial charge on any atom is -0.310 e. The second-order valence-corrected chi connectivity index (χ2v) is 6.22. The van der Waals surface area contributed by atoms with Crippen molar-refractivity contribution in [3.63, 3.8) is 0 Å². The van der Waals surface area contributed by atoms with Gasteiger partial charge in [0.15, 0.2) is 0 Å². The lowest BCUT2D eigenvalue weighted by Crippen LogP contribution is -2.29. The molecule has 1 fully saturated rings. The molecule has 118 valence electrons. The predicted octanol–water partition coefficient (Wildman–Crippen LogP) is 4.34. The van der Waals surface area contributed by atoms with Crippen LogP contribution in [0.5, 0.6) is 0 Å². The van der Waals surface area contributed by atoms with Gasteiger partial charge in [0.2, 0.25) is 0 Å². The van der Waals surface area contributed by atoms with Crippen molar-refractivity contribution in [2.75, 3.05) is 26.2 Å². The Morgan fingerprint density at radius 3 is 2.52 bits per heavy atom. The molecule has 0 aromatic heterocycles. The number of nitrogens with zero attached hydrogens (tertiary/aromatic N) is 1. The summed E-state index contributed by atoms with van der Waals surface area (Å²) < 4.78 is 0. The fraction of sp³-hybridized carbons (Fsp3) is 0.684. The van der Waals surface area contributed by atoms with Gasteiger partial charge in [-0.2, -0.15) is 0 Å². The maximum Gasteiger partial charge on any atom is 0.0332 e. The Morgan fingerprint density at radius 2 is 1.95 bits per heavy atom. The summed E-state index contributed by atoms with van der Waals surface area (Å²) in [7, 11) is 0. The Balaban J connectivity index is 2.02. The van der Waals surface area contributed by atoms with Gasteiger partial charge in [-0.3, -0.25) is 0 Å². The van der Waals surface area contributed by atoms with Crippen LogP contribution in [0.1, 0.15) is 69.5 Å². The van der Waals surface area contributed by atoms with Crippen LogP contribution in [0.3, 0.4) is 0 Å². The Morgan fingerprint density at radius 1 is 1.19 bits per heavy atom. The van der Waals surface area contributed by atoms with Crippen LogP contribution >= 0.6 is 0 Å². The molecule has 2 nitrogen and oxygen atoms in total. The van der Waals surface area contributed by atoms with Crippen molar-refractivity contribution >= 4 is 0 Å². The summed E-state index contributed by atoms with van der Waals surface area (Å²) in [5, 5.41) is 3.68. The van der Waals surface area contributed by atoms with E-state index in [0.717, 1.165) is 25.6 Å². The summed E-state index contributed by atoms with van der Waals surface area (Å²) in [5.74, 6) is 0.829. The SMILES string of the molecule is CCNC(CCN(CC)CC)c1cccc(C2CCC2)c1. The van der Waals surface area contributed by atoms with Crippen LogP contribution in [-0.4, -0.2) is 31.1 Å². The third-order valence-corrected chi connectivity index (χ3v) is 4.97. The van der Waals surface area contributed by atoms with Crippen molar-refractivity contribution in [3.8, 4) is 0 Å². The maximum absolute atomic E-state index is 3.68. The third-order valence-electron chi connectivity index (χ3n) is 4.97.